The van der Waals surface area contributed by atoms with Gasteiger partial charge in [0.1, 0.15) is 0 Å². The van der Waals surface area contributed by atoms with Crippen LogP contribution in [0.25, 0.3) is 10.8 Å². The molecule has 5 nitrogen and oxygen atoms in total. The Hall–Kier alpha value is -3.47. The van der Waals surface area contributed by atoms with Gasteiger partial charge >= 0.3 is 5.97 Å². The molecule has 28 heavy (non-hydrogen) atoms. The van der Waals surface area contributed by atoms with E-state index in [1.807, 2.05) is 42.5 Å². The summed E-state index contributed by atoms with van der Waals surface area (Å²) in [7, 11) is 0. The van der Waals surface area contributed by atoms with Crippen LogP contribution in [0.5, 0.6) is 0 Å². The van der Waals surface area contributed by atoms with Crippen molar-refractivity contribution in [1.29, 1.82) is 0 Å². The Balaban J connectivity index is 1.63. The van der Waals surface area contributed by atoms with Gasteiger partial charge in [0.2, 0.25) is 0 Å². The average Bonchev–Trinajstić information content (AvgIpc) is 2.68. The number of anilines is 1. The van der Waals surface area contributed by atoms with Crippen molar-refractivity contribution >= 4 is 34.1 Å². The Labute approximate surface area is 163 Å². The molecule has 0 aliphatic rings. The number of hydrogen-bond acceptors (Lipinski definition) is 4. The van der Waals surface area contributed by atoms with Crippen LogP contribution in [-0.2, 0) is 20.7 Å². The SMILES string of the molecule is CC(=O)c1cccc(NC(=O)C(C)OC(=O)Cc2cccc3ccccc23)c1. The summed E-state index contributed by atoms with van der Waals surface area (Å²) < 4.78 is 5.30. The summed E-state index contributed by atoms with van der Waals surface area (Å²) in [5, 5.41) is 4.70. The fourth-order valence-electron chi connectivity index (χ4n) is 2.95. The van der Waals surface area contributed by atoms with Crippen molar-refractivity contribution in [2.45, 2.75) is 26.4 Å². The van der Waals surface area contributed by atoms with Gasteiger partial charge in [-0.1, -0.05) is 54.6 Å². The number of esters is 1. The molecular formula is C23H21NO4. The van der Waals surface area contributed by atoms with Crippen molar-refractivity contribution < 1.29 is 19.1 Å². The molecule has 0 saturated carbocycles. The van der Waals surface area contributed by atoms with Gasteiger partial charge in [0.15, 0.2) is 11.9 Å². The van der Waals surface area contributed by atoms with Gasteiger partial charge in [-0.3, -0.25) is 14.4 Å². The molecule has 1 unspecified atom stereocenters. The first-order valence-electron chi connectivity index (χ1n) is 9.02. The van der Waals surface area contributed by atoms with E-state index < -0.39 is 18.0 Å². The van der Waals surface area contributed by atoms with Crippen molar-refractivity contribution in [1.82, 2.24) is 0 Å². The third-order valence-electron chi connectivity index (χ3n) is 4.43. The van der Waals surface area contributed by atoms with Gasteiger partial charge in [0.05, 0.1) is 6.42 Å². The molecule has 0 bridgehead atoms. The molecule has 0 heterocycles. The van der Waals surface area contributed by atoms with Gasteiger partial charge < -0.3 is 10.1 Å². The van der Waals surface area contributed by atoms with Gasteiger partial charge in [-0.05, 0) is 42.3 Å². The number of fused-ring (bicyclic) bond motifs is 1. The first kappa shape index (κ1) is 19.3. The van der Waals surface area contributed by atoms with Crippen LogP contribution in [0.3, 0.4) is 0 Å². The van der Waals surface area contributed by atoms with Gasteiger partial charge in [-0.2, -0.15) is 0 Å². The van der Waals surface area contributed by atoms with E-state index in [1.54, 1.807) is 24.3 Å². The second-order valence-electron chi connectivity index (χ2n) is 6.57. The topological polar surface area (TPSA) is 72.5 Å². The molecule has 3 aromatic carbocycles. The molecule has 3 aromatic rings. The van der Waals surface area contributed by atoms with E-state index in [1.165, 1.54) is 13.8 Å². The number of carbonyl (C=O) groups is 3. The number of ether oxygens (including phenoxy) is 1. The average molecular weight is 375 g/mol. The van der Waals surface area contributed by atoms with E-state index >= 15 is 0 Å². The third kappa shape index (κ3) is 4.62. The molecule has 0 radical (unpaired) electrons. The van der Waals surface area contributed by atoms with E-state index in [0.29, 0.717) is 11.3 Å². The van der Waals surface area contributed by atoms with E-state index in [0.717, 1.165) is 16.3 Å². The number of ketones is 1. The lowest BCUT2D eigenvalue weighted by molar-refractivity contribution is -0.152. The standard InChI is InChI=1S/C23H21NO4/c1-15(25)18-9-6-11-20(13-18)24-23(27)16(2)28-22(26)14-19-10-5-8-17-7-3-4-12-21(17)19/h3-13,16H,14H2,1-2H3,(H,24,27). The largest absolute Gasteiger partial charge is 0.452 e. The Morgan fingerprint density at radius 1 is 0.964 bits per heavy atom. The lowest BCUT2D eigenvalue weighted by Crippen LogP contribution is -2.30. The van der Waals surface area contributed by atoms with E-state index in [-0.39, 0.29) is 12.2 Å². The normalized spacial score (nSPS) is 11.6. The molecule has 5 heteroatoms. The lowest BCUT2D eigenvalue weighted by atomic mass is 10.0. The van der Waals surface area contributed by atoms with E-state index in [4.69, 9.17) is 4.74 Å². The summed E-state index contributed by atoms with van der Waals surface area (Å²) in [5.74, 6) is -1.02. The molecule has 1 atom stereocenters. The molecule has 0 aliphatic heterocycles. The predicted octanol–water partition coefficient (Wildman–Crippen LogP) is 4.16. The molecule has 142 valence electrons. The summed E-state index contributed by atoms with van der Waals surface area (Å²) in [6.45, 7) is 2.98. The Morgan fingerprint density at radius 3 is 2.46 bits per heavy atom. The zero-order valence-electron chi connectivity index (χ0n) is 15.8. The number of benzene rings is 3. The van der Waals surface area contributed by atoms with Gasteiger partial charge in [-0.15, -0.1) is 0 Å². The van der Waals surface area contributed by atoms with Crippen LogP contribution in [0.2, 0.25) is 0 Å². The van der Waals surface area contributed by atoms with Crippen LogP contribution in [0.4, 0.5) is 5.69 Å². The van der Waals surface area contributed by atoms with E-state index in [9.17, 15) is 14.4 Å². The van der Waals surface area contributed by atoms with Gasteiger partial charge in [-0.25, -0.2) is 0 Å². The summed E-state index contributed by atoms with van der Waals surface area (Å²) in [4.78, 5) is 36.1. The Kier molecular flexibility index (Phi) is 5.84. The maximum absolute atomic E-state index is 12.3. The number of hydrogen-bond donors (Lipinski definition) is 1. The van der Waals surface area contributed by atoms with Crippen LogP contribution in [-0.4, -0.2) is 23.8 Å². The van der Waals surface area contributed by atoms with Crippen molar-refractivity contribution in [3.8, 4) is 0 Å². The number of nitrogens with one attached hydrogen (secondary N) is 1. The molecule has 0 aromatic heterocycles. The lowest BCUT2D eigenvalue weighted by Gasteiger charge is -2.14. The van der Waals surface area contributed by atoms with Crippen molar-refractivity contribution in [2.24, 2.45) is 0 Å². The number of amides is 1. The molecule has 0 saturated heterocycles. The van der Waals surface area contributed by atoms with Crippen LogP contribution < -0.4 is 5.32 Å². The zero-order chi connectivity index (χ0) is 20.1. The highest BCUT2D eigenvalue weighted by atomic mass is 16.5. The number of carbonyl (C=O) groups excluding carboxylic acids is 3. The minimum absolute atomic E-state index is 0.0821. The van der Waals surface area contributed by atoms with Crippen LogP contribution in [0.1, 0.15) is 29.8 Å². The van der Waals surface area contributed by atoms with Gasteiger partial charge in [0, 0.05) is 11.3 Å². The molecule has 0 fully saturated rings. The summed E-state index contributed by atoms with van der Waals surface area (Å²) in [6.07, 6.45) is -0.873. The molecule has 1 N–H and O–H groups in total. The number of rotatable bonds is 6. The van der Waals surface area contributed by atoms with E-state index in [2.05, 4.69) is 5.32 Å². The minimum atomic E-state index is -0.955. The van der Waals surface area contributed by atoms with Crippen molar-refractivity contribution in [3.63, 3.8) is 0 Å². The van der Waals surface area contributed by atoms with Crippen molar-refractivity contribution in [3.05, 3.63) is 77.9 Å². The summed E-state index contributed by atoms with van der Waals surface area (Å²) >= 11 is 0. The highest BCUT2D eigenvalue weighted by Gasteiger charge is 2.19. The Morgan fingerprint density at radius 2 is 1.68 bits per heavy atom. The zero-order valence-corrected chi connectivity index (χ0v) is 15.8. The summed E-state index contributed by atoms with van der Waals surface area (Å²) in [5.41, 5.74) is 1.83. The fraction of sp³-hybridized carbons (Fsp3) is 0.174. The maximum Gasteiger partial charge on any atom is 0.311 e. The second kappa shape index (κ2) is 8.48. The highest BCUT2D eigenvalue weighted by Crippen LogP contribution is 2.19. The first-order valence-corrected chi connectivity index (χ1v) is 9.02. The predicted molar refractivity (Wildman–Crippen MR) is 108 cm³/mol. The first-order chi connectivity index (χ1) is 13.4. The number of Topliss-reactive ketones (excluding diaryl/α,β-unsaturated/α-hetero) is 1. The molecule has 0 aliphatic carbocycles. The minimum Gasteiger partial charge on any atom is -0.452 e. The van der Waals surface area contributed by atoms with Crippen molar-refractivity contribution in [2.75, 3.05) is 5.32 Å². The molecular weight excluding hydrogens is 354 g/mol. The summed E-state index contributed by atoms with van der Waals surface area (Å²) in [6, 6.07) is 20.2. The molecule has 1 amide bonds. The van der Waals surface area contributed by atoms with Gasteiger partial charge in [0.25, 0.3) is 5.91 Å². The Bertz CT molecular complexity index is 1040. The smallest absolute Gasteiger partial charge is 0.311 e. The van der Waals surface area contributed by atoms with Crippen LogP contribution >= 0.6 is 0 Å². The molecule has 0 spiro atoms. The highest BCUT2D eigenvalue weighted by molar-refractivity contribution is 5.98. The second-order valence-corrected chi connectivity index (χ2v) is 6.57. The monoisotopic (exact) mass is 375 g/mol. The van der Waals surface area contributed by atoms with Crippen LogP contribution in [0.15, 0.2) is 66.7 Å². The molecule has 3 rings (SSSR count). The third-order valence-corrected chi connectivity index (χ3v) is 4.43. The maximum atomic E-state index is 12.3. The fourth-order valence-corrected chi connectivity index (χ4v) is 2.95. The van der Waals surface area contributed by atoms with Crippen LogP contribution in [0, 0.1) is 0 Å². The quantitative estimate of drug-likeness (QED) is 0.519.